The van der Waals surface area contributed by atoms with E-state index in [1.165, 1.54) is 12.1 Å². The maximum absolute atomic E-state index is 12.2. The molecule has 1 aliphatic carbocycles. The van der Waals surface area contributed by atoms with Crippen LogP contribution in [0.1, 0.15) is 33.8 Å². The van der Waals surface area contributed by atoms with E-state index in [9.17, 15) is 24.6 Å². The summed E-state index contributed by atoms with van der Waals surface area (Å²) >= 11 is 0. The Balaban J connectivity index is 1.26. The Morgan fingerprint density at radius 2 is 1.47 bits per heavy atom. The third-order valence-electron chi connectivity index (χ3n) is 5.68. The largest absolute Gasteiger partial charge is 0.478 e. The summed E-state index contributed by atoms with van der Waals surface area (Å²) in [5.41, 5.74) is 4.51. The number of fused-ring (bicyclic) bond motifs is 3. The first-order valence-electron chi connectivity index (χ1n) is 10.8. The van der Waals surface area contributed by atoms with Gasteiger partial charge in [0.15, 0.2) is 0 Å². The van der Waals surface area contributed by atoms with Crippen LogP contribution < -0.4 is 10.6 Å². The molecular weight excluding hydrogens is 436 g/mol. The normalized spacial score (nSPS) is 12.9. The fraction of sp³-hybridized carbons (Fsp3) is 0.192. The molecule has 0 radical (unpaired) electrons. The van der Waals surface area contributed by atoms with Gasteiger partial charge in [-0.15, -0.1) is 0 Å². The number of carboxylic acid groups (broad SMARTS) is 1. The minimum atomic E-state index is -1.17. The highest BCUT2D eigenvalue weighted by Crippen LogP contribution is 2.44. The summed E-state index contributed by atoms with van der Waals surface area (Å²) in [7, 11) is 0. The van der Waals surface area contributed by atoms with Gasteiger partial charge in [0.2, 0.25) is 5.91 Å². The molecule has 0 heterocycles. The van der Waals surface area contributed by atoms with Crippen molar-refractivity contribution in [1.29, 1.82) is 0 Å². The number of anilines is 1. The number of ether oxygens (including phenoxy) is 1. The molecule has 1 aliphatic rings. The van der Waals surface area contributed by atoms with Gasteiger partial charge in [-0.05, 0) is 34.4 Å². The van der Waals surface area contributed by atoms with E-state index in [0.717, 1.165) is 22.3 Å². The molecule has 4 rings (SSSR count). The van der Waals surface area contributed by atoms with Crippen LogP contribution in [0.4, 0.5) is 10.5 Å². The van der Waals surface area contributed by atoms with Crippen LogP contribution in [-0.2, 0) is 9.53 Å². The number of nitrogens with one attached hydrogen (secondary N) is 2. The van der Waals surface area contributed by atoms with Gasteiger partial charge in [0.25, 0.3) is 0 Å². The lowest BCUT2D eigenvalue weighted by Crippen LogP contribution is -2.35. The van der Waals surface area contributed by atoms with E-state index >= 15 is 0 Å². The number of aliphatic hydroxyl groups excluding tert-OH is 1. The van der Waals surface area contributed by atoms with Gasteiger partial charge in [-0.1, -0.05) is 60.7 Å². The molecule has 0 bridgehead atoms. The zero-order chi connectivity index (χ0) is 24.1. The standard InChI is InChI=1S/C26H24N2O6/c29-16(13-24(30)28-23-12-6-5-11-21(23)25(31)32)14-27-26(33)34-15-22-19-9-3-1-7-17(19)18-8-2-4-10-20(18)22/h1-12,16,22,29H,13-15H2,(H,27,33)(H,28,30)(H,31,32). The average molecular weight is 460 g/mol. The molecule has 34 heavy (non-hydrogen) atoms. The number of hydrogen-bond acceptors (Lipinski definition) is 5. The first-order valence-corrected chi connectivity index (χ1v) is 10.8. The Hall–Kier alpha value is -4.17. The molecule has 0 aliphatic heterocycles. The van der Waals surface area contributed by atoms with Gasteiger partial charge < -0.3 is 25.6 Å². The molecule has 0 fully saturated rings. The number of alkyl carbamates (subject to hydrolysis) is 1. The lowest BCUT2D eigenvalue weighted by molar-refractivity contribution is -0.118. The van der Waals surface area contributed by atoms with Crippen molar-refractivity contribution in [2.45, 2.75) is 18.4 Å². The molecule has 174 valence electrons. The van der Waals surface area contributed by atoms with Gasteiger partial charge in [0.1, 0.15) is 6.61 Å². The fourth-order valence-electron chi connectivity index (χ4n) is 4.12. The molecule has 3 aromatic carbocycles. The van der Waals surface area contributed by atoms with E-state index in [1.54, 1.807) is 12.1 Å². The fourth-order valence-corrected chi connectivity index (χ4v) is 4.12. The van der Waals surface area contributed by atoms with Crippen molar-refractivity contribution in [2.75, 3.05) is 18.5 Å². The van der Waals surface area contributed by atoms with Crippen LogP contribution in [0.3, 0.4) is 0 Å². The lowest BCUT2D eigenvalue weighted by Gasteiger charge is -2.16. The van der Waals surface area contributed by atoms with Gasteiger partial charge >= 0.3 is 12.1 Å². The molecule has 8 heteroatoms. The minimum Gasteiger partial charge on any atom is -0.478 e. The maximum Gasteiger partial charge on any atom is 0.407 e. The van der Waals surface area contributed by atoms with Crippen LogP contribution in [0.2, 0.25) is 0 Å². The van der Waals surface area contributed by atoms with Crippen LogP contribution in [0.25, 0.3) is 11.1 Å². The highest BCUT2D eigenvalue weighted by Gasteiger charge is 2.29. The summed E-state index contributed by atoms with van der Waals surface area (Å²) in [5, 5.41) is 24.2. The quantitative estimate of drug-likeness (QED) is 0.407. The number of carbonyl (C=O) groups excluding carboxylic acids is 2. The van der Waals surface area contributed by atoms with Gasteiger partial charge in [-0.2, -0.15) is 0 Å². The summed E-state index contributed by atoms with van der Waals surface area (Å²) in [6.45, 7) is -0.0485. The summed E-state index contributed by atoms with van der Waals surface area (Å²) in [5.74, 6) is -1.83. The topological polar surface area (TPSA) is 125 Å². The summed E-state index contributed by atoms with van der Waals surface area (Å²) in [6, 6.07) is 22.0. The molecule has 0 saturated carbocycles. The second-order valence-corrected chi connectivity index (χ2v) is 7.96. The summed E-state index contributed by atoms with van der Waals surface area (Å²) < 4.78 is 5.41. The van der Waals surface area contributed by atoms with E-state index < -0.39 is 24.1 Å². The number of amides is 2. The molecule has 0 spiro atoms. The Morgan fingerprint density at radius 1 is 0.882 bits per heavy atom. The van der Waals surface area contributed by atoms with Crippen molar-refractivity contribution < 1.29 is 29.3 Å². The smallest absolute Gasteiger partial charge is 0.407 e. The first-order chi connectivity index (χ1) is 16.4. The second kappa shape index (κ2) is 10.2. The SMILES string of the molecule is O=C(CC(O)CNC(=O)OCC1c2ccccc2-c2ccccc21)Nc1ccccc1C(=O)O. The Labute approximate surface area is 196 Å². The number of aliphatic hydroxyl groups is 1. The molecule has 2 amide bonds. The van der Waals surface area contributed by atoms with Gasteiger partial charge in [0.05, 0.1) is 23.8 Å². The highest BCUT2D eigenvalue weighted by molar-refractivity contribution is 6.00. The lowest BCUT2D eigenvalue weighted by atomic mass is 9.98. The number of aromatic carboxylic acids is 1. The summed E-state index contributed by atoms with van der Waals surface area (Å²) in [6.07, 6.45) is -2.19. The number of benzene rings is 3. The number of carbonyl (C=O) groups is 3. The zero-order valence-corrected chi connectivity index (χ0v) is 18.2. The predicted octanol–water partition coefficient (Wildman–Crippen LogP) is 3.61. The third kappa shape index (κ3) is 5.07. The third-order valence-corrected chi connectivity index (χ3v) is 5.68. The number of para-hydroxylation sites is 1. The number of hydrogen-bond donors (Lipinski definition) is 4. The highest BCUT2D eigenvalue weighted by atomic mass is 16.5. The van der Waals surface area contributed by atoms with Crippen LogP contribution in [0.5, 0.6) is 0 Å². The monoisotopic (exact) mass is 460 g/mol. The average Bonchev–Trinajstić information content (AvgIpc) is 3.15. The van der Waals surface area contributed by atoms with Gasteiger partial charge in [-0.25, -0.2) is 9.59 Å². The van der Waals surface area contributed by atoms with Crippen molar-refractivity contribution >= 4 is 23.7 Å². The van der Waals surface area contributed by atoms with Crippen molar-refractivity contribution in [3.8, 4) is 11.1 Å². The van der Waals surface area contributed by atoms with Crippen LogP contribution in [0, 0.1) is 0 Å². The number of carboxylic acids is 1. The van der Waals surface area contributed by atoms with Gasteiger partial charge in [-0.3, -0.25) is 4.79 Å². The van der Waals surface area contributed by atoms with E-state index in [0.29, 0.717) is 0 Å². The molecule has 4 N–H and O–H groups in total. The maximum atomic E-state index is 12.2. The molecule has 1 atom stereocenters. The van der Waals surface area contributed by atoms with Crippen molar-refractivity contribution in [2.24, 2.45) is 0 Å². The Kier molecular flexibility index (Phi) is 6.89. The molecular formula is C26H24N2O6. The first kappa shape index (κ1) is 23.0. The van der Waals surface area contributed by atoms with Crippen molar-refractivity contribution in [3.05, 3.63) is 89.5 Å². The van der Waals surface area contributed by atoms with Crippen LogP contribution in [0.15, 0.2) is 72.8 Å². The predicted molar refractivity (Wildman–Crippen MR) is 126 cm³/mol. The molecule has 0 aromatic heterocycles. The molecule has 8 nitrogen and oxygen atoms in total. The van der Waals surface area contributed by atoms with Crippen LogP contribution >= 0.6 is 0 Å². The Bertz CT molecular complexity index is 1180. The molecule has 0 saturated heterocycles. The van der Waals surface area contributed by atoms with Crippen molar-refractivity contribution in [1.82, 2.24) is 5.32 Å². The second-order valence-electron chi connectivity index (χ2n) is 7.96. The molecule has 1 unspecified atom stereocenters. The van der Waals surface area contributed by atoms with Crippen molar-refractivity contribution in [3.63, 3.8) is 0 Å². The van der Waals surface area contributed by atoms with E-state index in [1.807, 2.05) is 48.5 Å². The van der Waals surface area contributed by atoms with E-state index in [4.69, 9.17) is 4.74 Å². The van der Waals surface area contributed by atoms with E-state index in [-0.39, 0.29) is 36.7 Å². The zero-order valence-electron chi connectivity index (χ0n) is 18.2. The van der Waals surface area contributed by atoms with E-state index in [2.05, 4.69) is 10.6 Å². The van der Waals surface area contributed by atoms with Gasteiger partial charge in [0, 0.05) is 12.5 Å². The molecule has 3 aromatic rings. The van der Waals surface area contributed by atoms with Crippen LogP contribution in [-0.4, -0.2) is 47.4 Å². The Morgan fingerprint density at radius 3 is 2.12 bits per heavy atom. The minimum absolute atomic E-state index is 0.0536. The number of rotatable bonds is 8. The summed E-state index contributed by atoms with van der Waals surface area (Å²) in [4.78, 5) is 35.6.